The largest absolute Gasteiger partial charge is 0.492 e. The third kappa shape index (κ3) is 3.46. The maximum atomic E-state index is 12.7. The zero-order valence-electron chi connectivity index (χ0n) is 15.9. The van der Waals surface area contributed by atoms with E-state index in [2.05, 4.69) is 11.0 Å². The topological polar surface area (TPSA) is 54.3 Å². The predicted octanol–water partition coefficient (Wildman–Crippen LogP) is 0.699. The van der Waals surface area contributed by atoms with Crippen molar-refractivity contribution in [2.24, 2.45) is 11.8 Å². The molecule has 0 saturated carbocycles. The third-order valence-electron chi connectivity index (χ3n) is 5.96. The molecule has 6 nitrogen and oxygen atoms in total. The van der Waals surface area contributed by atoms with Crippen LogP contribution in [0.4, 0.5) is 5.69 Å². The van der Waals surface area contributed by atoms with Crippen molar-refractivity contribution >= 4 is 17.5 Å². The quantitative estimate of drug-likeness (QED) is 0.612. The Hall–Kier alpha value is -2.34. The van der Waals surface area contributed by atoms with Crippen LogP contribution in [-0.2, 0) is 9.59 Å². The molecule has 1 N–H and O–H groups in total. The van der Waals surface area contributed by atoms with Crippen molar-refractivity contribution in [1.82, 2.24) is 4.90 Å². The lowest BCUT2D eigenvalue weighted by Crippen LogP contribution is -3.16. The van der Waals surface area contributed by atoms with Gasteiger partial charge in [-0.25, -0.2) is 4.90 Å². The Kier molecular flexibility index (Phi) is 5.16. The van der Waals surface area contributed by atoms with E-state index >= 15 is 0 Å². The molecule has 2 amide bonds. The molecule has 144 valence electrons. The van der Waals surface area contributed by atoms with Crippen LogP contribution >= 0.6 is 0 Å². The second-order valence-corrected chi connectivity index (χ2v) is 7.56. The number of carbonyl (C=O) groups is 2. The number of fused-ring (bicyclic) bond motifs is 1. The summed E-state index contributed by atoms with van der Waals surface area (Å²) in [5.74, 6) is 0.740. The monoisotopic (exact) mass is 370 g/mol. The van der Waals surface area contributed by atoms with E-state index in [9.17, 15) is 9.59 Å². The van der Waals surface area contributed by atoms with E-state index in [0.29, 0.717) is 26.1 Å². The van der Waals surface area contributed by atoms with Gasteiger partial charge in [-0.2, -0.15) is 0 Å². The minimum Gasteiger partial charge on any atom is -0.492 e. The SMILES string of the molecule is CCOc1ccccc1N1CC[NH+](CN2C(=O)[C@H]3CC=CC[C@@H]3C2=O)CC1. The molecule has 3 aliphatic rings. The van der Waals surface area contributed by atoms with E-state index in [4.69, 9.17) is 4.74 Å². The number of nitrogens with one attached hydrogen (secondary N) is 1. The highest BCUT2D eigenvalue weighted by atomic mass is 16.5. The molecule has 6 heteroatoms. The molecule has 1 aromatic carbocycles. The Labute approximate surface area is 160 Å². The van der Waals surface area contributed by atoms with E-state index in [1.807, 2.05) is 37.3 Å². The molecule has 27 heavy (non-hydrogen) atoms. The highest BCUT2D eigenvalue weighted by Gasteiger charge is 2.48. The van der Waals surface area contributed by atoms with Crippen LogP contribution in [0.15, 0.2) is 36.4 Å². The molecule has 2 fully saturated rings. The van der Waals surface area contributed by atoms with E-state index in [1.165, 1.54) is 9.80 Å². The Morgan fingerprint density at radius 3 is 2.30 bits per heavy atom. The van der Waals surface area contributed by atoms with Gasteiger partial charge in [0.15, 0.2) is 6.67 Å². The molecule has 2 atom stereocenters. The number of anilines is 1. The van der Waals surface area contributed by atoms with Gasteiger partial charge in [-0.15, -0.1) is 0 Å². The summed E-state index contributed by atoms with van der Waals surface area (Å²) in [5.41, 5.74) is 1.13. The fourth-order valence-corrected chi connectivity index (χ4v) is 4.47. The summed E-state index contributed by atoms with van der Waals surface area (Å²) in [6.07, 6.45) is 5.50. The van der Waals surface area contributed by atoms with Crippen LogP contribution in [0.25, 0.3) is 0 Å². The second kappa shape index (κ2) is 7.72. The fraction of sp³-hybridized carbons (Fsp3) is 0.524. The van der Waals surface area contributed by atoms with Crippen molar-refractivity contribution in [2.45, 2.75) is 19.8 Å². The Morgan fingerprint density at radius 2 is 1.67 bits per heavy atom. The van der Waals surface area contributed by atoms with Crippen LogP contribution in [0.3, 0.4) is 0 Å². The first-order chi connectivity index (χ1) is 13.2. The van der Waals surface area contributed by atoms with Gasteiger partial charge in [0.1, 0.15) is 5.75 Å². The van der Waals surface area contributed by atoms with Crippen molar-refractivity contribution in [3.05, 3.63) is 36.4 Å². The molecule has 1 aliphatic carbocycles. The number of ether oxygens (including phenoxy) is 1. The minimum absolute atomic E-state index is 0.0333. The lowest BCUT2D eigenvalue weighted by molar-refractivity contribution is -0.908. The second-order valence-electron chi connectivity index (χ2n) is 7.56. The number of piperazine rings is 1. The zero-order chi connectivity index (χ0) is 18.8. The molecule has 0 bridgehead atoms. The normalized spacial score (nSPS) is 25.8. The number of para-hydroxylation sites is 2. The fourth-order valence-electron chi connectivity index (χ4n) is 4.47. The number of rotatable bonds is 5. The number of amides is 2. The lowest BCUT2D eigenvalue weighted by Gasteiger charge is -2.35. The smallest absolute Gasteiger partial charge is 0.237 e. The van der Waals surface area contributed by atoms with Crippen LogP contribution in [0.2, 0.25) is 0 Å². The third-order valence-corrected chi connectivity index (χ3v) is 5.96. The van der Waals surface area contributed by atoms with Crippen LogP contribution in [-0.4, -0.2) is 56.2 Å². The first-order valence-corrected chi connectivity index (χ1v) is 9.99. The van der Waals surface area contributed by atoms with Gasteiger partial charge in [-0.05, 0) is 31.9 Å². The number of hydrogen-bond acceptors (Lipinski definition) is 4. The van der Waals surface area contributed by atoms with E-state index in [0.717, 1.165) is 37.6 Å². The summed E-state index contributed by atoms with van der Waals surface area (Å²) < 4.78 is 5.76. The highest BCUT2D eigenvalue weighted by molar-refractivity contribution is 6.05. The Bertz CT molecular complexity index is 714. The number of carbonyl (C=O) groups excluding carboxylic acids is 2. The van der Waals surface area contributed by atoms with E-state index in [1.54, 1.807) is 0 Å². The van der Waals surface area contributed by atoms with E-state index < -0.39 is 0 Å². The van der Waals surface area contributed by atoms with Gasteiger partial charge in [0.25, 0.3) is 0 Å². The number of hydrogen-bond donors (Lipinski definition) is 1. The van der Waals surface area contributed by atoms with Crippen LogP contribution < -0.4 is 14.5 Å². The first kappa shape index (κ1) is 18.0. The van der Waals surface area contributed by atoms with Gasteiger partial charge in [0.05, 0.1) is 50.3 Å². The van der Waals surface area contributed by atoms with Gasteiger partial charge in [0.2, 0.25) is 11.8 Å². The molecule has 4 rings (SSSR count). The predicted molar refractivity (Wildman–Crippen MR) is 103 cm³/mol. The molecule has 2 saturated heterocycles. The van der Waals surface area contributed by atoms with Crippen LogP contribution in [0.5, 0.6) is 5.75 Å². The number of likely N-dealkylation sites (tertiary alicyclic amines) is 1. The standard InChI is InChI=1S/C21H27N3O3/c1-2-27-19-10-6-5-9-18(19)23-13-11-22(12-14-23)15-24-20(25)16-7-3-4-8-17(16)21(24)26/h3-6,9-10,16-17H,2,7-8,11-15H2,1H3/p+1/t16-,17-/m0/s1. The van der Waals surface area contributed by atoms with Crippen molar-refractivity contribution in [3.8, 4) is 5.75 Å². The van der Waals surface area contributed by atoms with Crippen molar-refractivity contribution < 1.29 is 19.2 Å². The molecule has 0 aromatic heterocycles. The van der Waals surface area contributed by atoms with Crippen LogP contribution in [0.1, 0.15) is 19.8 Å². The molecular weight excluding hydrogens is 342 g/mol. The highest BCUT2D eigenvalue weighted by Crippen LogP contribution is 2.34. The number of imide groups is 1. The number of quaternary nitrogens is 1. The number of benzene rings is 1. The summed E-state index contributed by atoms with van der Waals surface area (Å²) in [7, 11) is 0. The lowest BCUT2D eigenvalue weighted by atomic mass is 9.85. The van der Waals surface area contributed by atoms with Gasteiger partial charge in [0, 0.05) is 0 Å². The molecule has 2 heterocycles. The molecule has 0 spiro atoms. The number of allylic oxidation sites excluding steroid dienone is 2. The maximum Gasteiger partial charge on any atom is 0.237 e. The minimum atomic E-state index is -0.124. The first-order valence-electron chi connectivity index (χ1n) is 9.99. The average Bonchev–Trinajstić information content (AvgIpc) is 2.95. The molecule has 0 radical (unpaired) electrons. The Morgan fingerprint density at radius 1 is 1.04 bits per heavy atom. The summed E-state index contributed by atoms with van der Waals surface area (Å²) in [5, 5.41) is 0. The molecular formula is C21H28N3O3+. The summed E-state index contributed by atoms with van der Waals surface area (Å²) in [6, 6.07) is 8.14. The van der Waals surface area contributed by atoms with Crippen molar-refractivity contribution in [2.75, 3.05) is 44.4 Å². The summed E-state index contributed by atoms with van der Waals surface area (Å²) >= 11 is 0. The van der Waals surface area contributed by atoms with Gasteiger partial charge in [-0.1, -0.05) is 24.3 Å². The molecule has 1 aromatic rings. The summed E-state index contributed by atoms with van der Waals surface area (Å²) in [6.45, 7) is 6.75. The zero-order valence-corrected chi connectivity index (χ0v) is 15.9. The van der Waals surface area contributed by atoms with Gasteiger partial charge in [-0.3, -0.25) is 9.59 Å². The maximum absolute atomic E-state index is 12.7. The number of nitrogens with zero attached hydrogens (tertiary/aromatic N) is 2. The van der Waals surface area contributed by atoms with E-state index in [-0.39, 0.29) is 23.7 Å². The average molecular weight is 370 g/mol. The van der Waals surface area contributed by atoms with Crippen LogP contribution in [0, 0.1) is 11.8 Å². The van der Waals surface area contributed by atoms with Gasteiger partial charge < -0.3 is 14.5 Å². The molecule has 0 unspecified atom stereocenters. The van der Waals surface area contributed by atoms with Gasteiger partial charge >= 0.3 is 0 Å². The van der Waals surface area contributed by atoms with Crippen molar-refractivity contribution in [1.29, 1.82) is 0 Å². The van der Waals surface area contributed by atoms with Crippen molar-refractivity contribution in [3.63, 3.8) is 0 Å². The Balaban J connectivity index is 1.36. The summed E-state index contributed by atoms with van der Waals surface area (Å²) in [4.78, 5) is 30.5. The molecule has 2 aliphatic heterocycles.